The van der Waals surface area contributed by atoms with Gasteiger partial charge >= 0.3 is 0 Å². The Hall–Kier alpha value is -0.280. The molecule has 0 aromatic carbocycles. The van der Waals surface area contributed by atoms with Crippen molar-refractivity contribution in [3.63, 3.8) is 0 Å². The quantitative estimate of drug-likeness (QED) is 0.271. The topological polar surface area (TPSA) is 62.4 Å². The highest BCUT2D eigenvalue weighted by atomic mass is 35.5. The summed E-state index contributed by atoms with van der Waals surface area (Å²) < 4.78 is 4.50. The van der Waals surface area contributed by atoms with E-state index in [1.54, 1.807) is 0 Å². The summed E-state index contributed by atoms with van der Waals surface area (Å²) in [5.41, 5.74) is 4.39. The number of rotatable bonds is 0. The second-order valence-electron chi connectivity index (χ2n) is 0.779. The van der Waals surface area contributed by atoms with E-state index in [0.29, 0.717) is 0 Å². The molecule has 0 unspecified atom stereocenters. The minimum absolute atomic E-state index is 0. The maximum Gasteiger partial charge on any atom is 0.0765 e. The van der Waals surface area contributed by atoms with Crippen LogP contribution in [0.1, 0.15) is 0 Å². The lowest BCUT2D eigenvalue weighted by molar-refractivity contribution is 0.475. The van der Waals surface area contributed by atoms with Gasteiger partial charge in [-0.2, -0.15) is 0 Å². The molecule has 0 amide bonds. The SMILES string of the molecule is C1CO1.Cl.N=CN. The van der Waals surface area contributed by atoms with E-state index in [0.717, 1.165) is 19.6 Å². The standard InChI is InChI=1S/C2H4O.CH4N2.ClH/c1-2-3-1;2-1-3;/h1-2H2;1H,(H3,2,3);1H. The van der Waals surface area contributed by atoms with Gasteiger partial charge in [0.05, 0.1) is 19.6 Å². The average Bonchev–Trinajstić information content (AvgIpc) is 2.11. The molecule has 1 fully saturated rings. The fraction of sp³-hybridized carbons (Fsp3) is 0.667. The van der Waals surface area contributed by atoms with E-state index in [-0.39, 0.29) is 12.4 Å². The monoisotopic (exact) mass is 124 g/mol. The predicted molar refractivity (Wildman–Crippen MR) is 31.0 cm³/mol. The van der Waals surface area contributed by atoms with Crippen LogP contribution in [0.4, 0.5) is 0 Å². The molecule has 3 N–H and O–H groups in total. The van der Waals surface area contributed by atoms with Crippen molar-refractivity contribution >= 4 is 18.7 Å². The smallest absolute Gasteiger partial charge is 0.0765 e. The maximum absolute atomic E-state index is 5.86. The lowest BCUT2D eigenvalue weighted by Gasteiger charge is -1.38. The molecule has 1 heterocycles. The fourth-order valence-corrected chi connectivity index (χ4v) is 0. The van der Waals surface area contributed by atoms with Gasteiger partial charge in [-0.1, -0.05) is 0 Å². The Labute approximate surface area is 48.8 Å². The lowest BCUT2D eigenvalue weighted by Crippen LogP contribution is -1.81. The first-order valence-electron chi connectivity index (χ1n) is 1.70. The van der Waals surface area contributed by atoms with Gasteiger partial charge < -0.3 is 10.5 Å². The van der Waals surface area contributed by atoms with Crippen LogP contribution in [0.5, 0.6) is 0 Å². The molecule has 0 aromatic heterocycles. The Kier molecular flexibility index (Phi) is 13.0. The summed E-state index contributed by atoms with van der Waals surface area (Å²) in [6, 6.07) is 0. The number of hydrogen-bond acceptors (Lipinski definition) is 2. The van der Waals surface area contributed by atoms with Gasteiger partial charge in [0, 0.05) is 0 Å². The van der Waals surface area contributed by atoms with Crippen LogP contribution in [0.3, 0.4) is 0 Å². The summed E-state index contributed by atoms with van der Waals surface area (Å²) in [6.07, 6.45) is 0.750. The first kappa shape index (κ1) is 9.87. The van der Waals surface area contributed by atoms with E-state index in [1.807, 2.05) is 0 Å². The van der Waals surface area contributed by atoms with Gasteiger partial charge in [0.15, 0.2) is 0 Å². The molecular weight excluding hydrogens is 115 g/mol. The summed E-state index contributed by atoms with van der Waals surface area (Å²) in [7, 11) is 0. The van der Waals surface area contributed by atoms with E-state index >= 15 is 0 Å². The molecule has 1 rings (SSSR count). The van der Waals surface area contributed by atoms with Crippen LogP contribution in [0.25, 0.3) is 0 Å². The van der Waals surface area contributed by atoms with Crippen LogP contribution < -0.4 is 5.73 Å². The molecule has 0 atom stereocenters. The number of epoxide rings is 1. The van der Waals surface area contributed by atoms with Gasteiger partial charge in [-0.25, -0.2) is 0 Å². The van der Waals surface area contributed by atoms with Gasteiger partial charge in [-0.05, 0) is 0 Å². The second kappa shape index (κ2) is 9.21. The molecule has 3 nitrogen and oxygen atoms in total. The van der Waals surface area contributed by atoms with Crippen LogP contribution in [0.15, 0.2) is 0 Å². The van der Waals surface area contributed by atoms with Gasteiger partial charge in [0.25, 0.3) is 0 Å². The summed E-state index contributed by atoms with van der Waals surface area (Å²) in [4.78, 5) is 0. The number of halogens is 1. The maximum atomic E-state index is 5.86. The third-order valence-electron chi connectivity index (χ3n) is 0.204. The van der Waals surface area contributed by atoms with Crippen LogP contribution in [-0.2, 0) is 4.74 Å². The molecule has 0 aromatic rings. The van der Waals surface area contributed by atoms with Crippen molar-refractivity contribution in [2.45, 2.75) is 0 Å². The van der Waals surface area contributed by atoms with Gasteiger partial charge in [-0.15, -0.1) is 12.4 Å². The zero-order chi connectivity index (χ0) is 4.83. The molecule has 44 valence electrons. The molecule has 4 heteroatoms. The Morgan fingerprint density at radius 1 is 1.57 bits per heavy atom. The van der Waals surface area contributed by atoms with Gasteiger partial charge in [-0.3, -0.25) is 5.41 Å². The highest BCUT2D eigenvalue weighted by Crippen LogP contribution is 1.84. The highest BCUT2D eigenvalue weighted by molar-refractivity contribution is 5.85. The van der Waals surface area contributed by atoms with Crippen molar-refractivity contribution in [2.24, 2.45) is 5.73 Å². The van der Waals surface area contributed by atoms with E-state index in [9.17, 15) is 0 Å². The van der Waals surface area contributed by atoms with Crippen LogP contribution in [-0.4, -0.2) is 19.6 Å². The fourth-order valence-electron chi connectivity index (χ4n) is 0. The van der Waals surface area contributed by atoms with E-state index in [2.05, 4.69) is 10.5 Å². The van der Waals surface area contributed by atoms with Crippen molar-refractivity contribution in [1.82, 2.24) is 0 Å². The molecular formula is C3H9ClN2O. The van der Waals surface area contributed by atoms with E-state index < -0.39 is 0 Å². The molecule has 1 aliphatic rings. The Balaban J connectivity index is 0. The van der Waals surface area contributed by atoms with Crippen LogP contribution in [0.2, 0.25) is 0 Å². The minimum atomic E-state index is 0. The molecule has 0 spiro atoms. The minimum Gasteiger partial charge on any atom is -0.390 e. The molecule has 0 radical (unpaired) electrons. The van der Waals surface area contributed by atoms with Gasteiger partial charge in [0.2, 0.25) is 0 Å². The third-order valence-corrected chi connectivity index (χ3v) is 0.204. The average molecular weight is 125 g/mol. The van der Waals surface area contributed by atoms with Crippen LogP contribution in [0, 0.1) is 5.41 Å². The second-order valence-corrected chi connectivity index (χ2v) is 0.779. The van der Waals surface area contributed by atoms with Crippen LogP contribution >= 0.6 is 12.4 Å². The molecule has 0 saturated carbocycles. The summed E-state index contributed by atoms with van der Waals surface area (Å²) in [5.74, 6) is 0. The first-order valence-corrected chi connectivity index (χ1v) is 1.70. The summed E-state index contributed by atoms with van der Waals surface area (Å²) >= 11 is 0. The number of ether oxygens (including phenoxy) is 1. The van der Waals surface area contributed by atoms with Crippen molar-refractivity contribution in [3.8, 4) is 0 Å². The molecule has 1 saturated heterocycles. The molecule has 0 aliphatic carbocycles. The third kappa shape index (κ3) is 153. The summed E-state index contributed by atoms with van der Waals surface area (Å²) in [5, 5.41) is 5.86. The van der Waals surface area contributed by atoms with Crippen molar-refractivity contribution in [2.75, 3.05) is 13.2 Å². The van der Waals surface area contributed by atoms with Crippen molar-refractivity contribution < 1.29 is 4.74 Å². The highest BCUT2D eigenvalue weighted by Gasteiger charge is 1.94. The number of hydrogen-bond donors (Lipinski definition) is 2. The first-order chi connectivity index (χ1) is 2.91. The largest absolute Gasteiger partial charge is 0.390 e. The van der Waals surface area contributed by atoms with E-state index in [1.165, 1.54) is 0 Å². The molecule has 7 heavy (non-hydrogen) atoms. The number of nitrogens with two attached hydrogens (primary N) is 1. The normalized spacial score (nSPS) is 12.0. The Morgan fingerprint density at radius 3 is 1.71 bits per heavy atom. The lowest BCUT2D eigenvalue weighted by atomic mass is 11.0. The zero-order valence-electron chi connectivity index (χ0n) is 3.89. The Morgan fingerprint density at radius 2 is 1.71 bits per heavy atom. The number of nitrogens with one attached hydrogen (secondary N) is 1. The van der Waals surface area contributed by atoms with Gasteiger partial charge in [0.1, 0.15) is 0 Å². The van der Waals surface area contributed by atoms with Crippen molar-refractivity contribution in [3.05, 3.63) is 0 Å². The van der Waals surface area contributed by atoms with Crippen molar-refractivity contribution in [1.29, 1.82) is 5.41 Å². The molecule has 1 aliphatic heterocycles. The summed E-state index contributed by atoms with van der Waals surface area (Å²) in [6.45, 7) is 2.00. The Bertz CT molecular complexity index is 37.2. The predicted octanol–water partition coefficient (Wildman–Crippen LogP) is -0.00943. The zero-order valence-corrected chi connectivity index (χ0v) is 4.70. The van der Waals surface area contributed by atoms with E-state index in [4.69, 9.17) is 5.41 Å². The molecule has 0 bridgehead atoms.